The Kier molecular flexibility index (Phi) is 11.8. The average Bonchev–Trinajstić information content (AvgIpc) is 3.16. The number of aromatic nitrogens is 1. The number of pyridine rings is 1. The lowest BCUT2D eigenvalue weighted by Crippen LogP contribution is -2.53. The second kappa shape index (κ2) is 16.5. The zero-order chi connectivity index (χ0) is 38.7. The Morgan fingerprint density at radius 3 is 2.28 bits per heavy atom. The normalized spacial score (nSPS) is 18.1. The van der Waals surface area contributed by atoms with Crippen LogP contribution in [0.2, 0.25) is 10.0 Å². The van der Waals surface area contributed by atoms with Crippen molar-refractivity contribution in [3.05, 3.63) is 116 Å². The molecule has 284 valence electrons. The first-order valence-electron chi connectivity index (χ1n) is 17.5. The Labute approximate surface area is 323 Å². The molecule has 54 heavy (non-hydrogen) atoms. The van der Waals surface area contributed by atoms with E-state index in [0.717, 1.165) is 30.7 Å². The molecule has 2 bridgehead atoms. The van der Waals surface area contributed by atoms with Crippen LogP contribution in [0.25, 0.3) is 0 Å². The third-order valence-corrected chi connectivity index (χ3v) is 10.9. The maximum atomic E-state index is 14.2. The van der Waals surface area contributed by atoms with E-state index < -0.39 is 18.0 Å². The molecule has 12 nitrogen and oxygen atoms in total. The summed E-state index contributed by atoms with van der Waals surface area (Å²) >= 11 is 13.2. The molecular weight excluding hydrogens is 735 g/mol. The van der Waals surface area contributed by atoms with Gasteiger partial charge in [-0.3, -0.25) is 19.8 Å². The molecular formula is C40H42Cl2N4O8. The number of nitrogens with zero attached hydrogens (tertiary/aromatic N) is 4. The van der Waals surface area contributed by atoms with Crippen molar-refractivity contribution in [2.75, 3.05) is 52.8 Å². The number of amides is 2. The number of fused-ring (bicyclic) bond motifs is 3. The lowest BCUT2D eigenvalue weighted by Gasteiger charge is -2.44. The summed E-state index contributed by atoms with van der Waals surface area (Å²) in [5, 5.41) is 23.1. The lowest BCUT2D eigenvalue weighted by molar-refractivity contribution is -0.904. The number of benzene rings is 3. The summed E-state index contributed by atoms with van der Waals surface area (Å²) in [5.41, 5.74) is 2.79. The first-order chi connectivity index (χ1) is 25.9. The number of anilines is 1. The molecule has 0 aliphatic carbocycles. The topological polar surface area (TPSA) is 136 Å². The molecule has 3 aliphatic rings. The largest absolute Gasteiger partial charge is 0.545 e. The molecule has 0 saturated carbocycles. The highest BCUT2D eigenvalue weighted by Crippen LogP contribution is 2.39. The monoisotopic (exact) mass is 776 g/mol. The number of carbonyl (C=O) groups excluding carboxylic acids is 3. The third kappa shape index (κ3) is 8.36. The molecule has 3 fully saturated rings. The smallest absolute Gasteiger partial charge is 0.414 e. The van der Waals surface area contributed by atoms with Crippen LogP contribution in [0.15, 0.2) is 73.1 Å². The summed E-state index contributed by atoms with van der Waals surface area (Å²) in [5.74, 6) is -1.19. The number of piperidine rings is 3. The highest BCUT2D eigenvalue weighted by molar-refractivity contribution is 6.35. The number of halogens is 2. The molecule has 14 heteroatoms. The van der Waals surface area contributed by atoms with Gasteiger partial charge in [0.25, 0.3) is 5.91 Å². The van der Waals surface area contributed by atoms with Crippen LogP contribution in [0.3, 0.4) is 0 Å². The maximum absolute atomic E-state index is 14.2. The standard InChI is InChI=1S/C40H42Cl2N4O8/c1-43(2)38(47)27-6-5-7-28(17-27)46(40(50)54-37-23-44-14-12-25(37)13-15-44)20-24-8-10-29(39(48)49)31(16-24)30(19-32-33(41)21-45(51)22-34(32)42)26-9-11-35(52-3)36(18-26)53-4/h5-11,16-18,21-22,25,30,37H,12-15,19-20,23H2,1-4H3,(H-,48,49,51)/t30-,37-/m0/s1. The van der Waals surface area contributed by atoms with E-state index in [-0.39, 0.29) is 46.5 Å². The van der Waals surface area contributed by atoms with E-state index in [9.17, 15) is 24.7 Å². The van der Waals surface area contributed by atoms with E-state index >= 15 is 0 Å². The van der Waals surface area contributed by atoms with Gasteiger partial charge in [-0.05, 0) is 85.3 Å². The summed E-state index contributed by atoms with van der Waals surface area (Å²) in [6.45, 7) is 2.59. The van der Waals surface area contributed by atoms with E-state index in [2.05, 4.69) is 4.90 Å². The van der Waals surface area contributed by atoms with E-state index in [1.54, 1.807) is 68.7 Å². The van der Waals surface area contributed by atoms with Crippen molar-refractivity contribution < 1.29 is 43.6 Å². The van der Waals surface area contributed by atoms with Crippen molar-refractivity contribution in [1.29, 1.82) is 0 Å². The van der Waals surface area contributed by atoms with Crippen molar-refractivity contribution in [3.63, 3.8) is 0 Å². The van der Waals surface area contributed by atoms with Crippen LogP contribution < -0.4 is 24.2 Å². The zero-order valence-electron chi connectivity index (χ0n) is 30.5. The Morgan fingerprint density at radius 2 is 1.67 bits per heavy atom. The fraction of sp³-hybridized carbons (Fsp3) is 0.350. The molecule has 7 rings (SSSR count). The predicted molar refractivity (Wildman–Crippen MR) is 200 cm³/mol. The Morgan fingerprint density at radius 1 is 0.963 bits per heavy atom. The van der Waals surface area contributed by atoms with Gasteiger partial charge in [0, 0.05) is 53.7 Å². The molecule has 4 heterocycles. The fourth-order valence-electron chi connectivity index (χ4n) is 7.35. The quantitative estimate of drug-likeness (QED) is 0.152. The molecule has 0 radical (unpaired) electrons. The zero-order valence-corrected chi connectivity index (χ0v) is 32.0. The molecule has 0 spiro atoms. The van der Waals surface area contributed by atoms with Crippen LogP contribution in [-0.2, 0) is 17.7 Å². The molecule has 4 aromatic rings. The van der Waals surface area contributed by atoms with Gasteiger partial charge >= 0.3 is 6.09 Å². The summed E-state index contributed by atoms with van der Waals surface area (Å²) in [6.07, 6.45) is 3.73. The van der Waals surface area contributed by atoms with Gasteiger partial charge in [-0.2, -0.15) is 0 Å². The average molecular weight is 778 g/mol. The maximum Gasteiger partial charge on any atom is 0.414 e. The number of methoxy groups -OCH3 is 2. The molecule has 0 unspecified atom stereocenters. The number of carboxylic acids is 1. The van der Waals surface area contributed by atoms with Crippen LogP contribution >= 0.6 is 23.2 Å². The van der Waals surface area contributed by atoms with Crippen molar-refractivity contribution >= 4 is 46.9 Å². The minimum absolute atomic E-state index is 0.0180. The van der Waals surface area contributed by atoms with Gasteiger partial charge in [0.1, 0.15) is 16.1 Å². The number of rotatable bonds is 12. The number of aromatic carboxylic acids is 1. The van der Waals surface area contributed by atoms with E-state index in [1.807, 2.05) is 0 Å². The van der Waals surface area contributed by atoms with E-state index in [4.69, 9.17) is 37.4 Å². The van der Waals surface area contributed by atoms with Crippen molar-refractivity contribution in [1.82, 2.24) is 9.80 Å². The Bertz CT molecular complexity index is 2030. The number of carbonyl (C=O) groups is 3. The van der Waals surface area contributed by atoms with Crippen molar-refractivity contribution in [2.45, 2.75) is 37.8 Å². The Hall–Kier alpha value is -5.04. The van der Waals surface area contributed by atoms with Crippen LogP contribution in [0.1, 0.15) is 61.7 Å². The summed E-state index contributed by atoms with van der Waals surface area (Å²) in [6, 6.07) is 16.8. The van der Waals surface area contributed by atoms with Gasteiger partial charge < -0.3 is 29.0 Å². The molecule has 1 N–H and O–H groups in total. The van der Waals surface area contributed by atoms with E-state index in [1.165, 1.54) is 42.5 Å². The molecule has 2 amide bonds. The minimum Gasteiger partial charge on any atom is -0.545 e. The SMILES string of the molecule is COc1ccc([C@H](Cc2c(Cl)c[n+](O)cc2Cl)c2cc(CN(C(=O)O[C@H]3CN4CCC3CC4)c3cccc(C(=O)N(C)C)c3)ccc2C(=O)[O-])cc1OC. The van der Waals surface area contributed by atoms with Crippen LogP contribution in [0.5, 0.6) is 11.5 Å². The van der Waals surface area contributed by atoms with Gasteiger partial charge in [0.2, 0.25) is 12.4 Å². The second-order valence-electron chi connectivity index (χ2n) is 13.8. The summed E-state index contributed by atoms with van der Waals surface area (Å²) in [7, 11) is 6.32. The van der Waals surface area contributed by atoms with Crippen molar-refractivity contribution in [3.8, 4) is 11.5 Å². The first kappa shape index (κ1) is 38.7. The Balaban J connectivity index is 1.45. The van der Waals surface area contributed by atoms with Gasteiger partial charge in [-0.15, -0.1) is 0 Å². The van der Waals surface area contributed by atoms with Gasteiger partial charge in [-0.1, -0.05) is 53.5 Å². The molecule has 1 aromatic heterocycles. The minimum atomic E-state index is -1.41. The predicted octanol–water partition coefficient (Wildman–Crippen LogP) is 5.21. The third-order valence-electron chi connectivity index (χ3n) is 10.2. The first-order valence-corrected chi connectivity index (χ1v) is 18.3. The molecule has 3 aliphatic heterocycles. The highest BCUT2D eigenvalue weighted by Gasteiger charge is 2.38. The second-order valence-corrected chi connectivity index (χ2v) is 14.6. The van der Waals surface area contributed by atoms with Crippen LogP contribution in [0, 0.1) is 5.92 Å². The molecule has 3 aromatic carbocycles. The molecule has 2 atom stereocenters. The van der Waals surface area contributed by atoms with Crippen LogP contribution in [0.4, 0.5) is 10.5 Å². The summed E-state index contributed by atoms with van der Waals surface area (Å²) in [4.78, 5) is 45.2. The van der Waals surface area contributed by atoms with Gasteiger partial charge in [0.05, 0.1) is 26.7 Å². The van der Waals surface area contributed by atoms with E-state index in [0.29, 0.717) is 51.5 Å². The number of carboxylic acid groups (broad SMARTS) is 1. The van der Waals surface area contributed by atoms with Gasteiger partial charge in [0.15, 0.2) is 11.5 Å². The van der Waals surface area contributed by atoms with Crippen molar-refractivity contribution in [2.24, 2.45) is 5.92 Å². The highest BCUT2D eigenvalue weighted by atomic mass is 35.5. The van der Waals surface area contributed by atoms with Gasteiger partial charge in [-0.25, -0.2) is 4.79 Å². The number of hydrogen-bond acceptors (Lipinski definition) is 9. The number of hydrogen-bond donors (Lipinski definition) is 1. The lowest BCUT2D eigenvalue weighted by atomic mass is 9.82. The summed E-state index contributed by atoms with van der Waals surface area (Å²) < 4.78 is 18.0. The molecule has 3 saturated heterocycles. The number of ether oxygens (including phenoxy) is 3. The fourth-order valence-corrected chi connectivity index (χ4v) is 7.95. The van der Waals surface area contributed by atoms with Crippen LogP contribution in [-0.4, -0.2) is 87.0 Å².